The number of hydrogen-bond donors (Lipinski definition) is 0. The molecule has 1 unspecified atom stereocenters. The Hall–Kier alpha value is -6.52. The zero-order valence-corrected chi connectivity index (χ0v) is 34.8. The van der Waals surface area contributed by atoms with Gasteiger partial charge in [0.25, 0.3) is 0 Å². The van der Waals surface area contributed by atoms with Gasteiger partial charge in [0.05, 0.1) is 17.3 Å². The Balaban J connectivity index is 0.927. The Bertz CT molecular complexity index is 3380. The predicted molar refractivity (Wildman–Crippen MR) is 251 cm³/mol. The maximum Gasteiger partial charge on any atom is 0.152 e. The van der Waals surface area contributed by atoms with Crippen molar-refractivity contribution < 1.29 is 9.15 Å². The molecule has 61 heavy (non-hydrogen) atoms. The standard InChI is InChI=1S/C57H46N2O2/c1-57(2)45-18-8-6-15-38(45)40-31-42-41-27-33(23-25-48(41)58(50(42)32-46(40)57)36-13-4-3-5-14-36)34-24-26-51-44(28-34)55-37(17-12-22-53(55)60-51)35-29-43-39-16-7-9-19-47(39)59-49-20-10-11-21-52(49)61-54(30-35)56(43)59/h3-5,7-8,13-14,16,18,20-24,26-32,48H,6,9-12,15,17,19,25H2,1-2H3. The summed E-state index contributed by atoms with van der Waals surface area (Å²) < 4.78 is 16.0. The summed E-state index contributed by atoms with van der Waals surface area (Å²) in [5, 5.41) is 3.72. The summed E-state index contributed by atoms with van der Waals surface area (Å²) in [6, 6.07) is 28.0. The van der Waals surface area contributed by atoms with Crippen LogP contribution in [0.3, 0.4) is 0 Å². The molecule has 4 heterocycles. The minimum Gasteiger partial charge on any atom is -0.456 e. The predicted octanol–water partition coefficient (Wildman–Crippen LogP) is 12.8. The zero-order valence-electron chi connectivity index (χ0n) is 34.8. The van der Waals surface area contributed by atoms with Crippen LogP contribution in [0.25, 0.3) is 62.0 Å². The maximum absolute atomic E-state index is 6.81. The highest BCUT2D eigenvalue weighted by Gasteiger charge is 2.43. The van der Waals surface area contributed by atoms with Crippen molar-refractivity contribution in [3.63, 3.8) is 0 Å². The summed E-state index contributed by atoms with van der Waals surface area (Å²) in [5.41, 5.74) is 23.6. The lowest BCUT2D eigenvalue weighted by molar-refractivity contribution is 0.433. The molecule has 296 valence electrons. The first kappa shape index (κ1) is 34.2. The number of ether oxygens (including phenoxy) is 1. The molecule has 0 saturated heterocycles. The van der Waals surface area contributed by atoms with Gasteiger partial charge in [0.15, 0.2) is 5.75 Å². The van der Waals surface area contributed by atoms with Gasteiger partial charge in [-0.1, -0.05) is 74.6 Å². The first-order valence-corrected chi connectivity index (χ1v) is 22.6. The average Bonchev–Trinajstić information content (AvgIpc) is 4.01. The van der Waals surface area contributed by atoms with Crippen LogP contribution in [-0.4, -0.2) is 10.6 Å². The lowest BCUT2D eigenvalue weighted by Crippen LogP contribution is -2.27. The summed E-state index contributed by atoms with van der Waals surface area (Å²) in [7, 11) is 0. The van der Waals surface area contributed by atoms with Crippen LogP contribution in [0.4, 0.5) is 11.4 Å². The van der Waals surface area contributed by atoms with E-state index in [1.807, 2.05) is 0 Å². The second-order valence-electron chi connectivity index (χ2n) is 18.7. The summed E-state index contributed by atoms with van der Waals surface area (Å²) in [6.45, 7) is 4.83. The maximum atomic E-state index is 6.81. The van der Waals surface area contributed by atoms with E-state index in [4.69, 9.17) is 9.15 Å². The highest BCUT2D eigenvalue weighted by molar-refractivity contribution is 6.04. The number of fused-ring (bicyclic) bond motifs is 13. The lowest BCUT2D eigenvalue weighted by atomic mass is 9.79. The number of rotatable bonds is 3. The molecule has 6 aliphatic carbocycles. The van der Waals surface area contributed by atoms with E-state index in [1.165, 1.54) is 99.9 Å². The van der Waals surface area contributed by atoms with E-state index in [-0.39, 0.29) is 11.5 Å². The van der Waals surface area contributed by atoms with Crippen molar-refractivity contribution in [1.82, 2.24) is 4.57 Å². The van der Waals surface area contributed by atoms with Gasteiger partial charge in [-0.25, -0.2) is 0 Å². The quantitative estimate of drug-likeness (QED) is 0.179. The van der Waals surface area contributed by atoms with Crippen molar-refractivity contribution >= 4 is 73.4 Å². The van der Waals surface area contributed by atoms with Crippen LogP contribution in [-0.2, 0) is 11.8 Å². The fourth-order valence-corrected chi connectivity index (χ4v) is 12.3. The number of hydrogen-bond acceptors (Lipinski definition) is 3. The normalized spacial score (nSPS) is 21.0. The Labute approximate surface area is 355 Å². The first-order chi connectivity index (χ1) is 30.0. The summed E-state index contributed by atoms with van der Waals surface area (Å²) in [6.07, 6.45) is 30.7. The minimum atomic E-state index is -0.0117. The Morgan fingerprint density at radius 2 is 1.57 bits per heavy atom. The summed E-state index contributed by atoms with van der Waals surface area (Å²) in [5.74, 6) is 1.97. The highest BCUT2D eigenvalue weighted by Crippen LogP contribution is 2.56. The average molecular weight is 791 g/mol. The second-order valence-corrected chi connectivity index (χ2v) is 18.7. The molecular formula is C57H46N2O2. The lowest BCUT2D eigenvalue weighted by Gasteiger charge is -2.30. The summed E-state index contributed by atoms with van der Waals surface area (Å²) >= 11 is 0. The summed E-state index contributed by atoms with van der Waals surface area (Å²) in [4.78, 5) is 2.61. The smallest absolute Gasteiger partial charge is 0.152 e. The van der Waals surface area contributed by atoms with Crippen LogP contribution >= 0.6 is 0 Å². The molecule has 8 aliphatic rings. The fourth-order valence-electron chi connectivity index (χ4n) is 12.3. The molecule has 0 amide bonds. The molecule has 0 saturated carbocycles. The molecule has 14 rings (SSSR count). The third kappa shape index (κ3) is 4.66. The molecule has 2 aromatic heterocycles. The molecule has 2 aliphatic heterocycles. The van der Waals surface area contributed by atoms with Crippen molar-refractivity contribution in [2.24, 2.45) is 0 Å². The van der Waals surface area contributed by atoms with E-state index in [0.717, 1.165) is 80.3 Å². The Morgan fingerprint density at radius 1 is 0.721 bits per heavy atom. The van der Waals surface area contributed by atoms with Gasteiger partial charge in [-0.05, 0) is 175 Å². The Kier molecular flexibility index (Phi) is 6.89. The number of aromatic nitrogens is 1. The van der Waals surface area contributed by atoms with E-state index in [0.29, 0.717) is 0 Å². The van der Waals surface area contributed by atoms with Crippen LogP contribution < -0.4 is 20.3 Å². The van der Waals surface area contributed by atoms with Crippen LogP contribution in [0.1, 0.15) is 104 Å². The van der Waals surface area contributed by atoms with Gasteiger partial charge in [0.2, 0.25) is 0 Å². The van der Waals surface area contributed by atoms with Crippen molar-refractivity contribution in [2.75, 3.05) is 4.90 Å². The third-order valence-corrected chi connectivity index (χ3v) is 15.1. The second kappa shape index (κ2) is 12.3. The molecule has 4 heteroatoms. The number of benzene rings is 4. The monoisotopic (exact) mass is 790 g/mol. The molecule has 0 fully saturated rings. The first-order valence-electron chi connectivity index (χ1n) is 22.6. The van der Waals surface area contributed by atoms with E-state index in [1.54, 1.807) is 5.57 Å². The SMILES string of the molecule is CC1(C)C2=C(CCC=C2)c2cc3c(cc21)N(c1ccccc1)C1CC=C(c2ccc4oc5c(c4c2)=C(c2cc4c6c(c2)c2c(n6C6=CCCC=C6O4)CCC=C2)CCC=5)C=C31. The van der Waals surface area contributed by atoms with Crippen molar-refractivity contribution in [3.05, 3.63) is 176 Å². The highest BCUT2D eigenvalue weighted by atomic mass is 16.5. The van der Waals surface area contributed by atoms with Gasteiger partial charge in [-0.3, -0.25) is 0 Å². The largest absolute Gasteiger partial charge is 0.456 e. The molecule has 0 radical (unpaired) electrons. The van der Waals surface area contributed by atoms with Gasteiger partial charge in [-0.2, -0.15) is 0 Å². The number of nitrogens with zero attached hydrogens (tertiary/aromatic N) is 2. The molecule has 0 N–H and O–H groups in total. The molecule has 0 spiro atoms. The van der Waals surface area contributed by atoms with Crippen LogP contribution in [0.15, 0.2) is 131 Å². The third-order valence-electron chi connectivity index (χ3n) is 15.1. The number of allylic oxidation sites excluding steroid dienone is 10. The number of furan rings is 1. The van der Waals surface area contributed by atoms with Crippen LogP contribution in [0.5, 0.6) is 5.75 Å². The van der Waals surface area contributed by atoms with Gasteiger partial charge >= 0.3 is 0 Å². The van der Waals surface area contributed by atoms with Crippen molar-refractivity contribution in [2.45, 2.75) is 83.1 Å². The molecule has 4 aromatic carbocycles. The fraction of sp³-hybridized carbons (Fsp3) is 0.228. The van der Waals surface area contributed by atoms with E-state index >= 15 is 0 Å². The Morgan fingerprint density at radius 3 is 2.51 bits per heavy atom. The molecular weight excluding hydrogens is 745 g/mol. The van der Waals surface area contributed by atoms with Gasteiger partial charge in [-0.15, -0.1) is 0 Å². The molecule has 1 atom stereocenters. The zero-order chi connectivity index (χ0) is 40.1. The van der Waals surface area contributed by atoms with Gasteiger partial charge in [0.1, 0.15) is 16.8 Å². The van der Waals surface area contributed by atoms with E-state index < -0.39 is 0 Å². The van der Waals surface area contributed by atoms with Crippen molar-refractivity contribution in [1.29, 1.82) is 0 Å². The molecule has 6 aromatic rings. The number of para-hydroxylation sites is 1. The van der Waals surface area contributed by atoms with E-state index in [2.05, 4.69) is 151 Å². The minimum absolute atomic E-state index is 0.0117. The topological polar surface area (TPSA) is 30.5 Å². The number of anilines is 2. The van der Waals surface area contributed by atoms with Gasteiger partial charge in [0, 0.05) is 49.6 Å². The van der Waals surface area contributed by atoms with Crippen molar-refractivity contribution in [3.8, 4) is 5.75 Å². The van der Waals surface area contributed by atoms with Crippen LogP contribution in [0, 0.1) is 0 Å². The van der Waals surface area contributed by atoms with Crippen LogP contribution in [0.2, 0.25) is 0 Å². The van der Waals surface area contributed by atoms with E-state index in [9.17, 15) is 0 Å². The molecule has 0 bridgehead atoms. The molecule has 4 nitrogen and oxygen atoms in total. The van der Waals surface area contributed by atoms with Gasteiger partial charge < -0.3 is 18.6 Å².